The molecule has 0 amide bonds. The fourth-order valence-corrected chi connectivity index (χ4v) is 4.80. The van der Waals surface area contributed by atoms with Crippen LogP contribution in [0.15, 0.2) is 42.7 Å². The number of rotatable bonds is 5. The zero-order chi connectivity index (χ0) is 30.5. The molecule has 5 rings (SSSR count). The lowest BCUT2D eigenvalue weighted by atomic mass is 9.92. The van der Waals surface area contributed by atoms with Gasteiger partial charge >= 0.3 is 6.18 Å². The van der Waals surface area contributed by atoms with Gasteiger partial charge in [-0.1, -0.05) is 12.1 Å². The summed E-state index contributed by atoms with van der Waals surface area (Å²) in [6.07, 6.45) is -8.96. The number of hydrogen-bond donors (Lipinski definition) is 3. The topological polar surface area (TPSA) is 123 Å². The Kier molecular flexibility index (Phi) is 7.53. The first-order valence-electron chi connectivity index (χ1n) is 12.2. The molecule has 10 nitrogen and oxygen atoms in total. The SMILES string of the molecule is [C-]#[N+]c1ccc(C(F)(F)F)c(-n2nc(C)nc2[C@@H]2OC(CO)[C@H](O)C(n3cc(-c4cc(F)c(F)c(F)c4)cn3)[C@@H]2O)c1. The number of benzene rings is 2. The minimum absolute atomic E-state index is 0.0212. The summed E-state index contributed by atoms with van der Waals surface area (Å²) in [5, 5.41) is 40.3. The Morgan fingerprint density at radius 2 is 1.74 bits per heavy atom. The maximum Gasteiger partial charge on any atom is 0.418 e. The molecule has 5 atom stereocenters. The third-order valence-electron chi connectivity index (χ3n) is 6.75. The van der Waals surface area contributed by atoms with Crippen LogP contribution in [-0.2, 0) is 10.9 Å². The monoisotopic (exact) mass is 594 g/mol. The van der Waals surface area contributed by atoms with Gasteiger partial charge in [0.15, 0.2) is 29.0 Å². The summed E-state index contributed by atoms with van der Waals surface area (Å²) >= 11 is 0. The van der Waals surface area contributed by atoms with E-state index < -0.39 is 71.9 Å². The highest BCUT2D eigenvalue weighted by molar-refractivity contribution is 5.62. The summed E-state index contributed by atoms with van der Waals surface area (Å²) in [7, 11) is 0. The van der Waals surface area contributed by atoms with Crippen molar-refractivity contribution >= 4 is 5.69 Å². The number of aryl methyl sites for hydroxylation is 1. The molecule has 16 heteroatoms. The first-order chi connectivity index (χ1) is 19.8. The predicted octanol–water partition coefficient (Wildman–Crippen LogP) is 3.82. The smallest absolute Gasteiger partial charge is 0.394 e. The van der Waals surface area contributed by atoms with Crippen LogP contribution in [-0.4, -0.2) is 64.8 Å². The Morgan fingerprint density at radius 3 is 2.36 bits per heavy atom. The highest BCUT2D eigenvalue weighted by atomic mass is 19.4. The Balaban J connectivity index is 1.59. The highest BCUT2D eigenvalue weighted by Crippen LogP contribution is 2.41. The zero-order valence-corrected chi connectivity index (χ0v) is 21.3. The maximum absolute atomic E-state index is 13.9. The Hall–Kier alpha value is -4.30. The highest BCUT2D eigenvalue weighted by Gasteiger charge is 2.48. The molecule has 220 valence electrons. The zero-order valence-electron chi connectivity index (χ0n) is 21.3. The van der Waals surface area contributed by atoms with E-state index in [0.29, 0.717) is 6.07 Å². The minimum Gasteiger partial charge on any atom is -0.394 e. The molecule has 0 spiro atoms. The van der Waals surface area contributed by atoms with E-state index >= 15 is 0 Å². The van der Waals surface area contributed by atoms with Gasteiger partial charge in [-0.3, -0.25) is 4.68 Å². The van der Waals surface area contributed by atoms with Crippen LogP contribution in [0.2, 0.25) is 0 Å². The predicted molar refractivity (Wildman–Crippen MR) is 131 cm³/mol. The molecule has 0 radical (unpaired) electrons. The molecule has 42 heavy (non-hydrogen) atoms. The lowest BCUT2D eigenvalue weighted by molar-refractivity contribution is -0.210. The second-order valence-corrected chi connectivity index (χ2v) is 9.45. The Morgan fingerprint density at radius 1 is 1.05 bits per heavy atom. The van der Waals surface area contributed by atoms with Crippen LogP contribution in [0.25, 0.3) is 21.7 Å². The summed E-state index contributed by atoms with van der Waals surface area (Å²) in [4.78, 5) is 7.32. The average molecular weight is 594 g/mol. The Labute approximate surface area is 232 Å². The van der Waals surface area contributed by atoms with E-state index in [0.717, 1.165) is 39.8 Å². The van der Waals surface area contributed by atoms with Gasteiger partial charge < -0.3 is 20.1 Å². The van der Waals surface area contributed by atoms with Crippen molar-refractivity contribution in [2.24, 2.45) is 0 Å². The van der Waals surface area contributed by atoms with E-state index in [-0.39, 0.29) is 28.5 Å². The van der Waals surface area contributed by atoms with Crippen molar-refractivity contribution in [3.63, 3.8) is 0 Å². The van der Waals surface area contributed by atoms with E-state index in [9.17, 15) is 41.7 Å². The van der Waals surface area contributed by atoms with E-state index in [1.807, 2.05) is 0 Å². The number of halogens is 6. The van der Waals surface area contributed by atoms with Crippen molar-refractivity contribution in [1.29, 1.82) is 0 Å². The van der Waals surface area contributed by atoms with Crippen molar-refractivity contribution in [2.75, 3.05) is 6.61 Å². The maximum atomic E-state index is 13.9. The third-order valence-corrected chi connectivity index (χ3v) is 6.75. The van der Waals surface area contributed by atoms with Gasteiger partial charge in [0.2, 0.25) is 0 Å². The Bertz CT molecular complexity index is 1660. The molecular weight excluding hydrogens is 574 g/mol. The third kappa shape index (κ3) is 5.11. The molecule has 0 saturated carbocycles. The molecule has 2 aromatic heterocycles. The van der Waals surface area contributed by atoms with Gasteiger partial charge in [0.25, 0.3) is 0 Å². The van der Waals surface area contributed by atoms with Crippen LogP contribution >= 0.6 is 0 Å². The first kappa shape index (κ1) is 29.2. The lowest BCUT2D eigenvalue weighted by Gasteiger charge is -2.42. The number of nitrogens with zero attached hydrogens (tertiary/aromatic N) is 6. The van der Waals surface area contributed by atoms with Gasteiger partial charge in [-0.2, -0.15) is 23.4 Å². The van der Waals surface area contributed by atoms with Crippen LogP contribution in [0.1, 0.15) is 29.4 Å². The largest absolute Gasteiger partial charge is 0.418 e. The summed E-state index contributed by atoms with van der Waals surface area (Å²) in [5.74, 6) is -4.95. The molecule has 1 aliphatic heterocycles. The van der Waals surface area contributed by atoms with Crippen LogP contribution in [0, 0.1) is 30.9 Å². The van der Waals surface area contributed by atoms with Gasteiger partial charge in [-0.25, -0.2) is 27.7 Å². The fraction of sp³-hybridized carbons (Fsp3) is 0.308. The molecule has 2 aromatic carbocycles. The molecule has 1 saturated heterocycles. The van der Waals surface area contributed by atoms with Crippen LogP contribution in [0.3, 0.4) is 0 Å². The van der Waals surface area contributed by atoms with Crippen LogP contribution < -0.4 is 0 Å². The molecule has 2 unspecified atom stereocenters. The normalized spacial score (nSPS) is 22.7. The van der Waals surface area contributed by atoms with Crippen molar-refractivity contribution in [1.82, 2.24) is 24.5 Å². The molecule has 3 heterocycles. The number of aromatic nitrogens is 5. The summed E-state index contributed by atoms with van der Waals surface area (Å²) in [6.45, 7) is 7.80. The first-order valence-corrected chi connectivity index (χ1v) is 12.2. The molecule has 1 fully saturated rings. The van der Waals surface area contributed by atoms with E-state index in [1.54, 1.807) is 0 Å². The van der Waals surface area contributed by atoms with Crippen molar-refractivity contribution in [3.8, 4) is 16.8 Å². The van der Waals surface area contributed by atoms with E-state index in [4.69, 9.17) is 11.3 Å². The van der Waals surface area contributed by atoms with Gasteiger partial charge in [-0.05, 0) is 30.7 Å². The quantitative estimate of drug-likeness (QED) is 0.183. The minimum atomic E-state index is -4.86. The van der Waals surface area contributed by atoms with Gasteiger partial charge in [0.1, 0.15) is 36.3 Å². The van der Waals surface area contributed by atoms with Crippen LogP contribution in [0.4, 0.5) is 32.0 Å². The number of aliphatic hydroxyl groups excluding tert-OH is 3. The summed E-state index contributed by atoms with van der Waals surface area (Å²) in [6, 6.07) is 2.65. The second-order valence-electron chi connectivity index (χ2n) is 9.45. The molecular formula is C26H20F6N6O4. The lowest BCUT2D eigenvalue weighted by Crippen LogP contribution is -2.53. The molecule has 1 aliphatic rings. The fourth-order valence-electron chi connectivity index (χ4n) is 4.80. The van der Waals surface area contributed by atoms with E-state index in [1.165, 1.54) is 13.1 Å². The average Bonchev–Trinajstić information content (AvgIpc) is 3.58. The standard InChI is InChI=1S/C26H20F6N6O4/c1-11-35-25(38(36-11)18-7-14(33-2)3-4-15(18)26(30,31)32)24-23(41)21(22(40)19(10-39)42-24)37-9-13(8-34-37)12-5-16(27)20(29)17(28)6-12/h3-9,19,21-24,39-41H,10H2,1H3/t19?,21?,22-,23-,24+/m0/s1. The number of hydrogen-bond acceptors (Lipinski definition) is 7. The number of ether oxygens (including phenoxy) is 1. The second kappa shape index (κ2) is 10.8. The van der Waals surface area contributed by atoms with E-state index in [2.05, 4.69) is 20.0 Å². The molecule has 0 aliphatic carbocycles. The molecule has 3 N–H and O–H groups in total. The van der Waals surface area contributed by atoms with Gasteiger partial charge in [-0.15, -0.1) is 0 Å². The van der Waals surface area contributed by atoms with Crippen molar-refractivity contribution in [2.45, 2.75) is 43.6 Å². The van der Waals surface area contributed by atoms with Gasteiger partial charge in [0.05, 0.1) is 30.6 Å². The molecule has 4 aromatic rings. The summed E-state index contributed by atoms with van der Waals surface area (Å²) in [5.41, 5.74) is -1.91. The molecule has 0 bridgehead atoms. The number of alkyl halides is 3. The van der Waals surface area contributed by atoms with Crippen LogP contribution in [0.5, 0.6) is 0 Å². The summed E-state index contributed by atoms with van der Waals surface area (Å²) < 4.78 is 90.3. The van der Waals surface area contributed by atoms with Crippen molar-refractivity contribution in [3.05, 3.63) is 88.8 Å². The van der Waals surface area contributed by atoms with Crippen molar-refractivity contribution < 1.29 is 46.4 Å². The van der Waals surface area contributed by atoms with Gasteiger partial charge in [0, 0.05) is 11.8 Å². The number of aliphatic hydroxyl groups is 3.